The van der Waals surface area contributed by atoms with Gasteiger partial charge in [0, 0.05) is 32.6 Å². The predicted octanol–water partition coefficient (Wildman–Crippen LogP) is 1.59. The molecule has 1 unspecified atom stereocenters. The molecule has 0 spiro atoms. The molecular formula is C21H31N3O4. The van der Waals surface area contributed by atoms with Gasteiger partial charge in [-0.15, -0.1) is 0 Å². The van der Waals surface area contributed by atoms with Crippen molar-refractivity contribution in [3.8, 4) is 5.75 Å². The number of ether oxygens (including phenoxy) is 2. The summed E-state index contributed by atoms with van der Waals surface area (Å²) in [6, 6.07) is 5.74. The Labute approximate surface area is 167 Å². The molecule has 2 amide bonds. The number of nitrogens with zero attached hydrogens (tertiary/aromatic N) is 2. The van der Waals surface area contributed by atoms with Crippen LogP contribution in [0.15, 0.2) is 18.2 Å². The van der Waals surface area contributed by atoms with Gasteiger partial charge in [0.25, 0.3) is 0 Å². The second kappa shape index (κ2) is 9.89. The number of carbonyl (C=O) groups excluding carboxylic acids is 2. The Morgan fingerprint density at radius 3 is 2.82 bits per heavy atom. The van der Waals surface area contributed by atoms with E-state index in [0.717, 1.165) is 56.9 Å². The Kier molecular flexibility index (Phi) is 7.28. The highest BCUT2D eigenvalue weighted by Gasteiger charge is 2.36. The van der Waals surface area contributed by atoms with Crippen LogP contribution in [-0.2, 0) is 14.3 Å². The monoisotopic (exact) mass is 389 g/mol. The van der Waals surface area contributed by atoms with Gasteiger partial charge in [-0.3, -0.25) is 14.5 Å². The minimum Gasteiger partial charge on any atom is -0.495 e. The van der Waals surface area contributed by atoms with Crippen LogP contribution in [0.5, 0.6) is 5.75 Å². The molecule has 0 aromatic heterocycles. The number of morpholine rings is 1. The number of methoxy groups -OCH3 is 1. The first-order chi connectivity index (χ1) is 13.6. The lowest BCUT2D eigenvalue weighted by Gasteiger charge is -2.26. The number of aryl methyl sites for hydroxylation is 1. The van der Waals surface area contributed by atoms with Gasteiger partial charge in [-0.05, 0) is 44.0 Å². The smallest absolute Gasteiger partial charge is 0.227 e. The van der Waals surface area contributed by atoms with Crippen molar-refractivity contribution in [2.45, 2.75) is 26.2 Å². The molecule has 2 saturated heterocycles. The Bertz CT molecular complexity index is 688. The average molecular weight is 389 g/mol. The van der Waals surface area contributed by atoms with Gasteiger partial charge in [-0.1, -0.05) is 6.07 Å². The van der Waals surface area contributed by atoms with Crippen LogP contribution in [0, 0.1) is 12.8 Å². The second-order valence-electron chi connectivity index (χ2n) is 7.53. The summed E-state index contributed by atoms with van der Waals surface area (Å²) in [5.74, 6) is 0.283. The minimum absolute atomic E-state index is 0.0311. The largest absolute Gasteiger partial charge is 0.495 e. The molecule has 0 radical (unpaired) electrons. The van der Waals surface area contributed by atoms with Gasteiger partial charge in [0.05, 0.1) is 31.9 Å². The van der Waals surface area contributed by atoms with Crippen LogP contribution >= 0.6 is 0 Å². The molecule has 0 bridgehead atoms. The van der Waals surface area contributed by atoms with Crippen molar-refractivity contribution in [3.05, 3.63) is 23.8 Å². The van der Waals surface area contributed by atoms with Gasteiger partial charge in [0.15, 0.2) is 0 Å². The zero-order valence-corrected chi connectivity index (χ0v) is 16.9. The van der Waals surface area contributed by atoms with E-state index >= 15 is 0 Å². The van der Waals surface area contributed by atoms with E-state index in [1.54, 1.807) is 12.0 Å². The lowest BCUT2D eigenvalue weighted by atomic mass is 10.1. The molecule has 2 aliphatic rings. The Morgan fingerprint density at radius 2 is 2.07 bits per heavy atom. The van der Waals surface area contributed by atoms with Crippen LogP contribution in [-0.4, -0.2) is 69.8 Å². The summed E-state index contributed by atoms with van der Waals surface area (Å²) in [4.78, 5) is 29.1. The third kappa shape index (κ3) is 5.23. The number of rotatable bonds is 8. The van der Waals surface area contributed by atoms with E-state index < -0.39 is 0 Å². The summed E-state index contributed by atoms with van der Waals surface area (Å²) in [5.41, 5.74) is 1.80. The highest BCUT2D eigenvalue weighted by molar-refractivity contribution is 6.01. The maximum Gasteiger partial charge on any atom is 0.227 e. The second-order valence-corrected chi connectivity index (χ2v) is 7.53. The first kappa shape index (κ1) is 20.6. The van der Waals surface area contributed by atoms with Crippen molar-refractivity contribution in [2.75, 3.05) is 57.9 Å². The lowest BCUT2D eigenvalue weighted by Crippen LogP contribution is -2.37. The summed E-state index contributed by atoms with van der Waals surface area (Å²) in [7, 11) is 1.59. The van der Waals surface area contributed by atoms with Crippen LogP contribution in [0.4, 0.5) is 5.69 Å². The standard InChI is InChI=1S/C21H31N3O4/c1-16-5-6-19(27-2)18(13-16)24-15-17(14-20(24)25)21(26)22-7-3-4-8-23-9-11-28-12-10-23/h5-6,13,17H,3-4,7-12,14-15H2,1-2H3,(H,22,26). The molecule has 7 heteroatoms. The van der Waals surface area contributed by atoms with E-state index in [2.05, 4.69) is 10.2 Å². The Balaban J connectivity index is 1.44. The van der Waals surface area contributed by atoms with Gasteiger partial charge in [-0.25, -0.2) is 0 Å². The SMILES string of the molecule is COc1ccc(C)cc1N1CC(C(=O)NCCCCN2CCOCC2)CC1=O. The van der Waals surface area contributed by atoms with Crippen LogP contribution in [0.25, 0.3) is 0 Å². The summed E-state index contributed by atoms with van der Waals surface area (Å²) >= 11 is 0. The van der Waals surface area contributed by atoms with Crippen LogP contribution in [0.1, 0.15) is 24.8 Å². The molecule has 7 nitrogen and oxygen atoms in total. The zero-order valence-electron chi connectivity index (χ0n) is 16.9. The topological polar surface area (TPSA) is 71.1 Å². The first-order valence-corrected chi connectivity index (χ1v) is 10.1. The quantitative estimate of drug-likeness (QED) is 0.684. The fourth-order valence-electron chi connectivity index (χ4n) is 3.77. The van der Waals surface area contributed by atoms with Gasteiger partial charge in [-0.2, -0.15) is 0 Å². The van der Waals surface area contributed by atoms with Gasteiger partial charge in [0.2, 0.25) is 11.8 Å². The molecule has 154 valence electrons. The van der Waals surface area contributed by atoms with Crippen LogP contribution in [0.3, 0.4) is 0 Å². The number of hydrogen-bond acceptors (Lipinski definition) is 5. The van der Waals surface area contributed by atoms with E-state index in [4.69, 9.17) is 9.47 Å². The van der Waals surface area contributed by atoms with Crippen molar-refractivity contribution in [3.63, 3.8) is 0 Å². The third-order valence-electron chi connectivity index (χ3n) is 5.43. The summed E-state index contributed by atoms with van der Waals surface area (Å²) in [6.45, 7) is 7.69. The molecule has 1 aromatic carbocycles. The average Bonchev–Trinajstić information content (AvgIpc) is 3.10. The van der Waals surface area contributed by atoms with Gasteiger partial charge < -0.3 is 19.7 Å². The van der Waals surface area contributed by atoms with Crippen molar-refractivity contribution < 1.29 is 19.1 Å². The fourth-order valence-corrected chi connectivity index (χ4v) is 3.77. The lowest BCUT2D eigenvalue weighted by molar-refractivity contribution is -0.126. The van der Waals surface area contributed by atoms with Crippen molar-refractivity contribution >= 4 is 17.5 Å². The molecule has 2 heterocycles. The third-order valence-corrected chi connectivity index (χ3v) is 5.43. The summed E-state index contributed by atoms with van der Waals surface area (Å²) in [6.07, 6.45) is 2.24. The molecule has 1 atom stereocenters. The highest BCUT2D eigenvalue weighted by atomic mass is 16.5. The number of nitrogens with one attached hydrogen (secondary N) is 1. The molecular weight excluding hydrogens is 358 g/mol. The maximum atomic E-state index is 12.5. The number of anilines is 1. The summed E-state index contributed by atoms with van der Waals surface area (Å²) in [5, 5.41) is 3.00. The number of amides is 2. The van der Waals surface area contributed by atoms with Crippen LogP contribution < -0.4 is 15.0 Å². The molecule has 3 rings (SSSR count). The van der Waals surface area contributed by atoms with E-state index in [0.29, 0.717) is 18.8 Å². The highest BCUT2D eigenvalue weighted by Crippen LogP contribution is 2.33. The molecule has 1 N–H and O–H groups in total. The molecule has 0 saturated carbocycles. The summed E-state index contributed by atoms with van der Waals surface area (Å²) < 4.78 is 10.7. The fraction of sp³-hybridized carbons (Fsp3) is 0.619. The number of carbonyl (C=O) groups is 2. The van der Waals surface area contributed by atoms with Gasteiger partial charge in [0.1, 0.15) is 5.75 Å². The Hall–Kier alpha value is -2.12. The molecule has 0 aliphatic carbocycles. The molecule has 28 heavy (non-hydrogen) atoms. The van der Waals surface area contributed by atoms with Crippen LogP contribution in [0.2, 0.25) is 0 Å². The van der Waals surface area contributed by atoms with Gasteiger partial charge >= 0.3 is 0 Å². The van der Waals surface area contributed by atoms with E-state index in [1.807, 2.05) is 25.1 Å². The first-order valence-electron chi connectivity index (χ1n) is 10.1. The molecule has 1 aromatic rings. The van der Waals surface area contributed by atoms with E-state index in [9.17, 15) is 9.59 Å². The van der Waals surface area contributed by atoms with Crippen molar-refractivity contribution in [2.24, 2.45) is 5.92 Å². The number of hydrogen-bond donors (Lipinski definition) is 1. The molecule has 2 fully saturated rings. The maximum absolute atomic E-state index is 12.5. The number of unbranched alkanes of at least 4 members (excludes halogenated alkanes) is 1. The Morgan fingerprint density at radius 1 is 1.29 bits per heavy atom. The normalized spacial score (nSPS) is 20.4. The van der Waals surface area contributed by atoms with E-state index in [1.165, 1.54) is 0 Å². The number of benzene rings is 1. The predicted molar refractivity (Wildman–Crippen MR) is 108 cm³/mol. The van der Waals surface area contributed by atoms with E-state index in [-0.39, 0.29) is 24.2 Å². The van der Waals surface area contributed by atoms with Crippen molar-refractivity contribution in [1.82, 2.24) is 10.2 Å². The zero-order chi connectivity index (χ0) is 19.9. The minimum atomic E-state index is -0.308. The molecule has 2 aliphatic heterocycles. The van der Waals surface area contributed by atoms with Crippen molar-refractivity contribution in [1.29, 1.82) is 0 Å².